The molecule has 0 fully saturated rings. The molecule has 0 aromatic heterocycles. The molecule has 0 radical (unpaired) electrons. The average molecular weight is 342 g/mol. The Labute approximate surface area is 116 Å². The number of nitrogens with zero attached hydrogens (tertiary/aromatic N) is 1. The molecule has 2 nitrogen and oxygen atoms in total. The van der Waals surface area contributed by atoms with Gasteiger partial charge in [-0.05, 0) is 34.5 Å². The van der Waals surface area contributed by atoms with Crippen LogP contribution in [0.4, 0.5) is 17.6 Å². The Hall–Kier alpha value is -1.11. The van der Waals surface area contributed by atoms with Crippen molar-refractivity contribution in [1.29, 1.82) is 0 Å². The number of rotatable bonds is 4. The number of carbonyl (C=O) groups is 1. The largest absolute Gasteiger partial charge is 0.406 e. The van der Waals surface area contributed by atoms with E-state index in [0.29, 0.717) is 11.3 Å². The first-order valence-corrected chi connectivity index (χ1v) is 6.35. The highest BCUT2D eigenvalue weighted by atomic mass is 79.9. The van der Waals surface area contributed by atoms with E-state index < -0.39 is 24.4 Å². The molecule has 0 heterocycles. The van der Waals surface area contributed by atoms with Crippen LogP contribution in [-0.4, -0.2) is 30.1 Å². The number of hydrogen-bond donors (Lipinski definition) is 0. The summed E-state index contributed by atoms with van der Waals surface area (Å²) in [6.45, 7) is 0.184. The van der Waals surface area contributed by atoms with Crippen LogP contribution >= 0.6 is 15.9 Å². The van der Waals surface area contributed by atoms with E-state index in [2.05, 4.69) is 15.9 Å². The molecule has 106 valence electrons. The fourth-order valence-corrected chi connectivity index (χ4v) is 1.94. The van der Waals surface area contributed by atoms with Crippen LogP contribution in [0, 0.1) is 5.82 Å². The van der Waals surface area contributed by atoms with Crippen LogP contribution in [0.5, 0.6) is 0 Å². The number of hydrogen-bond acceptors (Lipinski definition) is 1. The topological polar surface area (TPSA) is 20.3 Å². The number of alkyl halides is 3. The monoisotopic (exact) mass is 341 g/mol. The van der Waals surface area contributed by atoms with E-state index >= 15 is 0 Å². The zero-order valence-electron chi connectivity index (χ0n) is 10.1. The molecule has 0 atom stereocenters. The molecular weight excluding hydrogens is 330 g/mol. The third-order valence-electron chi connectivity index (χ3n) is 2.33. The summed E-state index contributed by atoms with van der Waals surface area (Å²) < 4.78 is 50.9. The predicted molar refractivity (Wildman–Crippen MR) is 66.3 cm³/mol. The van der Waals surface area contributed by atoms with Crippen LogP contribution in [0.2, 0.25) is 0 Å². The van der Waals surface area contributed by atoms with Crippen molar-refractivity contribution in [1.82, 2.24) is 4.90 Å². The van der Waals surface area contributed by atoms with Crippen molar-refractivity contribution in [2.24, 2.45) is 0 Å². The quantitative estimate of drug-likeness (QED) is 0.758. The molecule has 0 aliphatic heterocycles. The maximum atomic E-state index is 13.7. The van der Waals surface area contributed by atoms with Gasteiger partial charge in [0.05, 0.1) is 10.0 Å². The van der Waals surface area contributed by atoms with Gasteiger partial charge in [0, 0.05) is 6.54 Å². The Bertz CT molecular complexity index is 462. The van der Waals surface area contributed by atoms with E-state index in [1.807, 2.05) is 0 Å². The molecular formula is C12H12BrF4NO. The lowest BCUT2D eigenvalue weighted by atomic mass is 10.2. The highest BCUT2D eigenvalue weighted by Crippen LogP contribution is 2.22. The Kier molecular flexibility index (Phi) is 5.34. The fourth-order valence-electron chi connectivity index (χ4n) is 1.58. The summed E-state index contributed by atoms with van der Waals surface area (Å²) in [4.78, 5) is 12.6. The molecule has 0 spiro atoms. The summed E-state index contributed by atoms with van der Waals surface area (Å²) in [6, 6.07) is 3.94. The molecule has 19 heavy (non-hydrogen) atoms. The van der Waals surface area contributed by atoms with Crippen LogP contribution < -0.4 is 0 Å². The SMILES string of the molecule is CCCN(CC(F)(F)F)C(=O)c1cccc(Br)c1F. The Balaban J connectivity index is 3.02. The molecule has 0 aliphatic carbocycles. The minimum absolute atomic E-state index is 0.0433. The Morgan fingerprint density at radius 3 is 2.53 bits per heavy atom. The van der Waals surface area contributed by atoms with Crippen molar-refractivity contribution in [3.8, 4) is 0 Å². The minimum Gasteiger partial charge on any atom is -0.329 e. The molecule has 0 unspecified atom stereocenters. The molecule has 0 bridgehead atoms. The van der Waals surface area contributed by atoms with E-state index in [1.54, 1.807) is 6.92 Å². The Morgan fingerprint density at radius 1 is 1.37 bits per heavy atom. The van der Waals surface area contributed by atoms with E-state index in [4.69, 9.17) is 0 Å². The highest BCUT2D eigenvalue weighted by Gasteiger charge is 2.33. The van der Waals surface area contributed by atoms with Crippen molar-refractivity contribution < 1.29 is 22.4 Å². The zero-order valence-corrected chi connectivity index (χ0v) is 11.7. The smallest absolute Gasteiger partial charge is 0.329 e. The number of halogens is 5. The van der Waals surface area contributed by atoms with Crippen molar-refractivity contribution in [3.05, 3.63) is 34.1 Å². The lowest BCUT2D eigenvalue weighted by molar-refractivity contribution is -0.140. The zero-order chi connectivity index (χ0) is 14.6. The summed E-state index contributed by atoms with van der Waals surface area (Å²) in [5, 5.41) is 0. The van der Waals surface area contributed by atoms with Gasteiger partial charge < -0.3 is 4.90 Å². The van der Waals surface area contributed by atoms with Gasteiger partial charge in [0.2, 0.25) is 0 Å². The van der Waals surface area contributed by atoms with Crippen LogP contribution in [0.1, 0.15) is 23.7 Å². The van der Waals surface area contributed by atoms with Gasteiger partial charge in [-0.15, -0.1) is 0 Å². The van der Waals surface area contributed by atoms with Gasteiger partial charge in [-0.1, -0.05) is 13.0 Å². The van der Waals surface area contributed by atoms with Crippen molar-refractivity contribution in [2.75, 3.05) is 13.1 Å². The van der Waals surface area contributed by atoms with E-state index in [9.17, 15) is 22.4 Å². The molecule has 0 N–H and O–H groups in total. The first kappa shape index (κ1) is 15.9. The number of benzene rings is 1. The summed E-state index contributed by atoms with van der Waals surface area (Å²) in [7, 11) is 0. The first-order valence-electron chi connectivity index (χ1n) is 5.56. The summed E-state index contributed by atoms with van der Waals surface area (Å²) in [5.74, 6) is -1.81. The van der Waals surface area contributed by atoms with Gasteiger partial charge in [0.1, 0.15) is 12.4 Å². The summed E-state index contributed by atoms with van der Waals surface area (Å²) in [6.07, 6.45) is -4.15. The predicted octanol–water partition coefficient (Wildman–Crippen LogP) is 4.00. The molecule has 1 rings (SSSR count). The number of amides is 1. The maximum Gasteiger partial charge on any atom is 0.406 e. The van der Waals surface area contributed by atoms with Gasteiger partial charge in [-0.3, -0.25) is 4.79 Å². The van der Waals surface area contributed by atoms with Crippen LogP contribution in [0.15, 0.2) is 22.7 Å². The van der Waals surface area contributed by atoms with Crippen LogP contribution in [0.3, 0.4) is 0 Å². The van der Waals surface area contributed by atoms with Crippen molar-refractivity contribution in [3.63, 3.8) is 0 Å². The van der Waals surface area contributed by atoms with E-state index in [-0.39, 0.29) is 16.6 Å². The molecule has 0 aliphatic rings. The molecule has 0 saturated carbocycles. The van der Waals surface area contributed by atoms with Crippen molar-refractivity contribution in [2.45, 2.75) is 19.5 Å². The molecule has 1 amide bonds. The summed E-state index contributed by atoms with van der Waals surface area (Å²) in [5.41, 5.74) is -0.368. The first-order chi connectivity index (χ1) is 8.76. The maximum absolute atomic E-state index is 13.7. The van der Waals surface area contributed by atoms with Crippen molar-refractivity contribution >= 4 is 21.8 Å². The minimum atomic E-state index is -4.51. The van der Waals surface area contributed by atoms with Gasteiger partial charge >= 0.3 is 6.18 Å². The molecule has 1 aromatic carbocycles. The molecule has 7 heteroatoms. The summed E-state index contributed by atoms with van der Waals surface area (Å²) >= 11 is 2.90. The lowest BCUT2D eigenvalue weighted by Gasteiger charge is -2.23. The second-order valence-corrected chi connectivity index (χ2v) is 4.80. The second-order valence-electron chi connectivity index (χ2n) is 3.94. The normalized spacial score (nSPS) is 11.5. The van der Waals surface area contributed by atoms with Crippen LogP contribution in [-0.2, 0) is 0 Å². The van der Waals surface area contributed by atoms with Gasteiger partial charge in [-0.25, -0.2) is 4.39 Å². The lowest BCUT2D eigenvalue weighted by Crippen LogP contribution is -2.39. The van der Waals surface area contributed by atoms with Crippen LogP contribution in [0.25, 0.3) is 0 Å². The van der Waals surface area contributed by atoms with Gasteiger partial charge in [-0.2, -0.15) is 13.2 Å². The second kappa shape index (κ2) is 6.36. The van der Waals surface area contributed by atoms with E-state index in [0.717, 1.165) is 0 Å². The molecule has 1 aromatic rings. The third kappa shape index (κ3) is 4.49. The van der Waals surface area contributed by atoms with Gasteiger partial charge in [0.15, 0.2) is 0 Å². The van der Waals surface area contributed by atoms with E-state index in [1.165, 1.54) is 18.2 Å². The van der Waals surface area contributed by atoms with Gasteiger partial charge in [0.25, 0.3) is 5.91 Å². The standard InChI is InChI=1S/C12H12BrF4NO/c1-2-6-18(7-12(15,16)17)11(19)8-4-3-5-9(13)10(8)14/h3-5H,2,6-7H2,1H3. The molecule has 0 saturated heterocycles. The third-order valence-corrected chi connectivity index (χ3v) is 2.95. The highest BCUT2D eigenvalue weighted by molar-refractivity contribution is 9.10. The fraction of sp³-hybridized carbons (Fsp3) is 0.417. The number of carbonyl (C=O) groups excluding carboxylic acids is 1. The Morgan fingerprint density at radius 2 is 2.00 bits per heavy atom. The average Bonchev–Trinajstić information content (AvgIpc) is 2.30.